The summed E-state index contributed by atoms with van der Waals surface area (Å²) >= 11 is 1.39. The van der Waals surface area contributed by atoms with Crippen molar-refractivity contribution in [1.29, 1.82) is 0 Å². The zero-order valence-corrected chi connectivity index (χ0v) is 15.7. The zero-order chi connectivity index (χ0) is 18.8. The number of aromatic nitrogens is 1. The van der Waals surface area contributed by atoms with Gasteiger partial charge in [0.1, 0.15) is 12.3 Å². The predicted molar refractivity (Wildman–Crippen MR) is 107 cm³/mol. The Hall–Kier alpha value is -2.93. The van der Waals surface area contributed by atoms with Crippen LogP contribution in [0.4, 0.5) is 10.8 Å². The maximum atomic E-state index is 12.5. The number of fused-ring (bicyclic) bond motifs is 2. The standard InChI is InChI=1S/C20H19N3O3S/c1-2-26-14-8-9-15-17(11-14)27-20(21-15)22-18(24)12-23-16-6-4-3-5-13(16)7-10-19(23)25/h3-6,8-9,11H,2,7,10,12H2,1H3,(H,21,22,24). The first-order valence-electron chi connectivity index (χ1n) is 8.85. The van der Waals surface area contributed by atoms with Crippen LogP contribution in [0.25, 0.3) is 10.2 Å². The van der Waals surface area contributed by atoms with Gasteiger partial charge in [0.05, 0.1) is 16.8 Å². The van der Waals surface area contributed by atoms with E-state index in [9.17, 15) is 9.59 Å². The van der Waals surface area contributed by atoms with Crippen LogP contribution in [0.15, 0.2) is 42.5 Å². The monoisotopic (exact) mass is 381 g/mol. The van der Waals surface area contributed by atoms with E-state index in [0.717, 1.165) is 27.2 Å². The molecule has 0 spiro atoms. The molecule has 2 aromatic carbocycles. The minimum absolute atomic E-state index is 0.0179. The Bertz CT molecular complexity index is 1010. The molecule has 7 heteroatoms. The molecule has 1 aliphatic heterocycles. The first kappa shape index (κ1) is 17.5. The molecule has 6 nitrogen and oxygen atoms in total. The van der Waals surface area contributed by atoms with Crippen molar-refractivity contribution in [3.05, 3.63) is 48.0 Å². The van der Waals surface area contributed by atoms with E-state index < -0.39 is 0 Å². The summed E-state index contributed by atoms with van der Waals surface area (Å²) in [5.41, 5.74) is 2.71. The van der Waals surface area contributed by atoms with Crippen LogP contribution >= 0.6 is 11.3 Å². The molecule has 0 saturated carbocycles. The second-order valence-electron chi connectivity index (χ2n) is 6.24. The zero-order valence-electron chi connectivity index (χ0n) is 14.9. The van der Waals surface area contributed by atoms with Gasteiger partial charge in [-0.05, 0) is 43.2 Å². The number of rotatable bonds is 5. The molecule has 4 rings (SSSR count). The highest BCUT2D eigenvalue weighted by atomic mass is 32.1. The summed E-state index contributed by atoms with van der Waals surface area (Å²) in [6.07, 6.45) is 1.14. The van der Waals surface area contributed by atoms with Crippen molar-refractivity contribution < 1.29 is 14.3 Å². The van der Waals surface area contributed by atoms with Crippen molar-refractivity contribution in [3.8, 4) is 5.75 Å². The first-order chi connectivity index (χ1) is 13.1. The fourth-order valence-electron chi connectivity index (χ4n) is 3.19. The minimum atomic E-state index is -0.260. The van der Waals surface area contributed by atoms with Crippen LogP contribution in [-0.4, -0.2) is 29.9 Å². The van der Waals surface area contributed by atoms with Gasteiger partial charge in [-0.15, -0.1) is 0 Å². The maximum Gasteiger partial charge on any atom is 0.246 e. The summed E-state index contributed by atoms with van der Waals surface area (Å²) < 4.78 is 6.44. The Morgan fingerprint density at radius 3 is 2.96 bits per heavy atom. The largest absolute Gasteiger partial charge is 0.494 e. The molecule has 27 heavy (non-hydrogen) atoms. The average molecular weight is 381 g/mol. The average Bonchev–Trinajstić information content (AvgIpc) is 3.06. The molecule has 3 aromatic rings. The summed E-state index contributed by atoms with van der Waals surface area (Å²) in [5, 5.41) is 3.33. The van der Waals surface area contributed by atoms with Crippen LogP contribution in [0.2, 0.25) is 0 Å². The van der Waals surface area contributed by atoms with Crippen molar-refractivity contribution in [2.75, 3.05) is 23.4 Å². The molecule has 0 saturated heterocycles. The van der Waals surface area contributed by atoms with Crippen LogP contribution < -0.4 is 15.0 Å². The second-order valence-corrected chi connectivity index (χ2v) is 7.27. The van der Waals surface area contributed by atoms with Crippen molar-refractivity contribution in [3.63, 3.8) is 0 Å². The molecule has 0 radical (unpaired) electrons. The molecule has 0 aliphatic carbocycles. The predicted octanol–water partition coefficient (Wildman–Crippen LogP) is 3.61. The van der Waals surface area contributed by atoms with Crippen LogP contribution in [0.5, 0.6) is 5.75 Å². The molecule has 0 atom stereocenters. The highest BCUT2D eigenvalue weighted by Crippen LogP contribution is 2.30. The van der Waals surface area contributed by atoms with Gasteiger partial charge in [0.25, 0.3) is 0 Å². The Kier molecular flexibility index (Phi) is 4.77. The first-order valence-corrected chi connectivity index (χ1v) is 9.67. The van der Waals surface area contributed by atoms with Gasteiger partial charge < -0.3 is 15.0 Å². The lowest BCUT2D eigenvalue weighted by Crippen LogP contribution is -2.40. The lowest BCUT2D eigenvalue weighted by atomic mass is 10.0. The summed E-state index contributed by atoms with van der Waals surface area (Å²) in [4.78, 5) is 30.8. The number of aryl methyl sites for hydroxylation is 1. The molecule has 0 fully saturated rings. The fourth-order valence-corrected chi connectivity index (χ4v) is 4.10. The number of benzene rings is 2. The van der Waals surface area contributed by atoms with Crippen LogP contribution in [-0.2, 0) is 16.0 Å². The normalized spacial score (nSPS) is 13.5. The van der Waals surface area contributed by atoms with Crippen molar-refractivity contribution >= 4 is 44.2 Å². The van der Waals surface area contributed by atoms with Gasteiger partial charge in [-0.1, -0.05) is 29.5 Å². The third-order valence-corrected chi connectivity index (χ3v) is 5.34. The molecule has 1 N–H and O–H groups in total. The van der Waals surface area contributed by atoms with E-state index in [4.69, 9.17) is 4.74 Å². The number of ether oxygens (including phenoxy) is 1. The number of hydrogen-bond acceptors (Lipinski definition) is 5. The molecule has 1 aliphatic rings. The number of nitrogens with zero attached hydrogens (tertiary/aromatic N) is 2. The quantitative estimate of drug-likeness (QED) is 0.733. The molecule has 0 unspecified atom stereocenters. The Morgan fingerprint density at radius 1 is 1.26 bits per heavy atom. The van der Waals surface area contributed by atoms with Crippen LogP contribution in [0, 0.1) is 0 Å². The molecule has 1 aromatic heterocycles. The van der Waals surface area contributed by atoms with E-state index in [1.165, 1.54) is 11.3 Å². The number of carbonyl (C=O) groups excluding carboxylic acids is 2. The Labute approximate surface area is 160 Å². The number of anilines is 2. The summed E-state index contributed by atoms with van der Waals surface area (Å²) in [5.74, 6) is 0.487. The molecule has 138 valence electrons. The summed E-state index contributed by atoms with van der Waals surface area (Å²) in [6.45, 7) is 2.51. The van der Waals surface area contributed by atoms with E-state index >= 15 is 0 Å². The van der Waals surface area contributed by atoms with Gasteiger partial charge in [0.2, 0.25) is 11.8 Å². The van der Waals surface area contributed by atoms with Gasteiger partial charge >= 0.3 is 0 Å². The third kappa shape index (κ3) is 3.64. The number of amides is 2. The number of thiazole rings is 1. The van der Waals surface area contributed by atoms with Crippen molar-refractivity contribution in [1.82, 2.24) is 4.98 Å². The van der Waals surface area contributed by atoms with E-state index in [1.54, 1.807) is 4.90 Å². The van der Waals surface area contributed by atoms with Crippen LogP contribution in [0.1, 0.15) is 18.9 Å². The number of nitrogens with one attached hydrogen (secondary N) is 1. The van der Waals surface area contributed by atoms with E-state index in [-0.39, 0.29) is 18.4 Å². The second kappa shape index (κ2) is 7.36. The molecule has 2 heterocycles. The highest BCUT2D eigenvalue weighted by Gasteiger charge is 2.25. The highest BCUT2D eigenvalue weighted by molar-refractivity contribution is 7.22. The van der Waals surface area contributed by atoms with Gasteiger partial charge in [-0.2, -0.15) is 0 Å². The SMILES string of the molecule is CCOc1ccc2nc(NC(=O)CN3C(=O)CCc4ccccc43)sc2c1. The van der Waals surface area contributed by atoms with Gasteiger partial charge in [0, 0.05) is 12.1 Å². The summed E-state index contributed by atoms with van der Waals surface area (Å²) in [7, 11) is 0. The Morgan fingerprint density at radius 2 is 2.11 bits per heavy atom. The fraction of sp³-hybridized carbons (Fsp3) is 0.250. The molecular weight excluding hydrogens is 362 g/mol. The van der Waals surface area contributed by atoms with E-state index in [1.807, 2.05) is 49.4 Å². The topological polar surface area (TPSA) is 71.5 Å². The number of hydrogen-bond donors (Lipinski definition) is 1. The lowest BCUT2D eigenvalue weighted by Gasteiger charge is -2.28. The smallest absolute Gasteiger partial charge is 0.246 e. The van der Waals surface area contributed by atoms with Crippen molar-refractivity contribution in [2.45, 2.75) is 19.8 Å². The van der Waals surface area contributed by atoms with Gasteiger partial charge in [0.15, 0.2) is 5.13 Å². The molecular formula is C20H19N3O3S. The maximum absolute atomic E-state index is 12.5. The van der Waals surface area contributed by atoms with Gasteiger partial charge in [-0.3, -0.25) is 9.59 Å². The number of para-hydroxylation sites is 1. The lowest BCUT2D eigenvalue weighted by molar-refractivity contribution is -0.121. The van der Waals surface area contributed by atoms with Gasteiger partial charge in [-0.25, -0.2) is 4.98 Å². The van der Waals surface area contributed by atoms with E-state index in [2.05, 4.69) is 10.3 Å². The third-order valence-electron chi connectivity index (χ3n) is 4.41. The number of carbonyl (C=O) groups is 2. The summed E-state index contributed by atoms with van der Waals surface area (Å²) in [6, 6.07) is 13.4. The van der Waals surface area contributed by atoms with E-state index in [0.29, 0.717) is 24.6 Å². The van der Waals surface area contributed by atoms with Crippen molar-refractivity contribution in [2.24, 2.45) is 0 Å². The van der Waals surface area contributed by atoms with Crippen LogP contribution in [0.3, 0.4) is 0 Å². The molecule has 2 amide bonds. The molecule has 0 bridgehead atoms. The minimum Gasteiger partial charge on any atom is -0.494 e. The Balaban J connectivity index is 1.49.